The van der Waals surface area contributed by atoms with Crippen molar-refractivity contribution in [3.05, 3.63) is 20.8 Å². The highest BCUT2D eigenvalue weighted by molar-refractivity contribution is 9.11. The molecule has 1 aromatic rings. The van der Waals surface area contributed by atoms with Gasteiger partial charge in [-0.2, -0.15) is 0 Å². The van der Waals surface area contributed by atoms with Gasteiger partial charge in [-0.25, -0.2) is 0 Å². The smallest absolute Gasteiger partial charge is 0.0701 e. The number of hydrogen-bond acceptors (Lipinski definition) is 3. The van der Waals surface area contributed by atoms with Crippen LogP contribution in [-0.4, -0.2) is 30.1 Å². The van der Waals surface area contributed by atoms with Gasteiger partial charge in [0.2, 0.25) is 0 Å². The molecule has 2 aliphatic heterocycles. The lowest BCUT2D eigenvalue weighted by atomic mass is 9.98. The highest BCUT2D eigenvalue weighted by Gasteiger charge is 2.34. The quantitative estimate of drug-likeness (QED) is 0.921. The van der Waals surface area contributed by atoms with E-state index in [-0.39, 0.29) is 0 Å². The fourth-order valence-electron chi connectivity index (χ4n) is 3.23. The van der Waals surface area contributed by atoms with Crippen molar-refractivity contribution in [1.29, 1.82) is 0 Å². The fourth-order valence-corrected chi connectivity index (χ4v) is 4.43. The number of piperidine rings is 1. The molecule has 2 saturated heterocycles. The Morgan fingerprint density at radius 1 is 1.41 bits per heavy atom. The van der Waals surface area contributed by atoms with Crippen molar-refractivity contribution in [3.8, 4) is 0 Å². The van der Waals surface area contributed by atoms with E-state index in [0.717, 1.165) is 24.7 Å². The Morgan fingerprint density at radius 2 is 2.12 bits per heavy atom. The average Bonchev–Trinajstić information content (AvgIpc) is 2.85. The van der Waals surface area contributed by atoms with E-state index in [2.05, 4.69) is 44.6 Å². The second-order valence-corrected chi connectivity index (χ2v) is 7.73. The maximum absolute atomic E-state index is 3.71. The number of nitrogens with zero attached hydrogens (tertiary/aromatic N) is 1. The number of halogens is 1. The van der Waals surface area contributed by atoms with Gasteiger partial charge in [0.1, 0.15) is 0 Å². The predicted octanol–water partition coefficient (Wildman–Crippen LogP) is 3.23. The van der Waals surface area contributed by atoms with E-state index in [4.69, 9.17) is 0 Å². The molecule has 1 N–H and O–H groups in total. The Kier molecular flexibility index (Phi) is 3.57. The zero-order chi connectivity index (χ0) is 11.8. The Hall–Kier alpha value is 0.1000. The van der Waals surface area contributed by atoms with Gasteiger partial charge >= 0.3 is 0 Å². The van der Waals surface area contributed by atoms with E-state index in [1.165, 1.54) is 35.0 Å². The van der Waals surface area contributed by atoms with Gasteiger partial charge in [-0.3, -0.25) is 4.90 Å². The lowest BCUT2D eigenvalue weighted by Gasteiger charge is -2.35. The van der Waals surface area contributed by atoms with Crippen LogP contribution in [0.5, 0.6) is 0 Å². The van der Waals surface area contributed by atoms with Gasteiger partial charge in [0.05, 0.1) is 3.79 Å². The summed E-state index contributed by atoms with van der Waals surface area (Å²) in [7, 11) is 2.28. The average molecular weight is 315 g/mol. The Morgan fingerprint density at radius 3 is 2.71 bits per heavy atom. The molecule has 17 heavy (non-hydrogen) atoms. The molecule has 0 aromatic carbocycles. The summed E-state index contributed by atoms with van der Waals surface area (Å²) < 4.78 is 1.24. The summed E-state index contributed by atoms with van der Waals surface area (Å²) in [6.45, 7) is 1.09. The van der Waals surface area contributed by atoms with Crippen LogP contribution >= 0.6 is 27.3 Å². The lowest BCUT2D eigenvalue weighted by Crippen LogP contribution is -2.46. The van der Waals surface area contributed by atoms with E-state index in [1.807, 2.05) is 0 Å². The van der Waals surface area contributed by atoms with E-state index in [0.29, 0.717) is 0 Å². The second kappa shape index (κ2) is 5.00. The van der Waals surface area contributed by atoms with Gasteiger partial charge < -0.3 is 5.32 Å². The molecule has 2 nitrogen and oxygen atoms in total. The van der Waals surface area contributed by atoms with Gasteiger partial charge in [0.15, 0.2) is 0 Å². The maximum atomic E-state index is 3.71. The molecule has 2 atom stereocenters. The van der Waals surface area contributed by atoms with E-state index in [9.17, 15) is 0 Å². The monoisotopic (exact) mass is 314 g/mol. The molecule has 2 unspecified atom stereocenters. The summed E-state index contributed by atoms with van der Waals surface area (Å²) in [5, 5.41) is 5.97. The molecule has 2 bridgehead atoms. The summed E-state index contributed by atoms with van der Waals surface area (Å²) in [5.74, 6) is 0. The van der Waals surface area contributed by atoms with Crippen LogP contribution in [0.2, 0.25) is 0 Å². The molecule has 1 aromatic heterocycles. The number of nitrogens with one attached hydrogen (secondary N) is 1. The predicted molar refractivity (Wildman–Crippen MR) is 76.5 cm³/mol. The third-order valence-corrected chi connectivity index (χ3v) is 5.68. The summed E-state index contributed by atoms with van der Waals surface area (Å²) in [4.78, 5) is 2.54. The molecule has 0 radical (unpaired) electrons. The topological polar surface area (TPSA) is 15.3 Å². The van der Waals surface area contributed by atoms with Gasteiger partial charge in [0.25, 0.3) is 0 Å². The molecule has 2 fully saturated rings. The van der Waals surface area contributed by atoms with Crippen molar-refractivity contribution in [2.24, 2.45) is 0 Å². The van der Waals surface area contributed by atoms with Crippen LogP contribution < -0.4 is 5.32 Å². The third kappa shape index (κ3) is 2.75. The fraction of sp³-hybridized carbons (Fsp3) is 0.692. The molecule has 3 rings (SSSR count). The molecule has 0 spiro atoms. The van der Waals surface area contributed by atoms with Gasteiger partial charge in [-0.05, 0) is 65.7 Å². The summed E-state index contributed by atoms with van der Waals surface area (Å²) >= 11 is 5.32. The first-order valence-electron chi connectivity index (χ1n) is 6.40. The highest BCUT2D eigenvalue weighted by atomic mass is 79.9. The largest absolute Gasteiger partial charge is 0.311 e. The van der Waals surface area contributed by atoms with E-state index >= 15 is 0 Å². The number of fused-ring (bicyclic) bond motifs is 2. The van der Waals surface area contributed by atoms with Crippen LogP contribution in [0.25, 0.3) is 0 Å². The first kappa shape index (κ1) is 12.2. The SMILES string of the molecule is CN(Cc1csc(Br)c1)C1CC2CCC(C1)N2. The Labute approximate surface area is 116 Å². The van der Waals surface area contributed by atoms with Crippen molar-refractivity contribution >= 4 is 27.3 Å². The summed E-state index contributed by atoms with van der Waals surface area (Å²) in [6, 6.07) is 4.59. The van der Waals surface area contributed by atoms with Crippen molar-refractivity contribution < 1.29 is 0 Å². The lowest BCUT2D eigenvalue weighted by molar-refractivity contribution is 0.166. The first-order valence-corrected chi connectivity index (χ1v) is 8.07. The Balaban J connectivity index is 1.60. The molecule has 94 valence electrons. The van der Waals surface area contributed by atoms with Crippen molar-refractivity contribution in [2.45, 2.75) is 50.4 Å². The Bertz CT molecular complexity index is 381. The third-order valence-electron chi connectivity index (χ3n) is 4.13. The summed E-state index contributed by atoms with van der Waals surface area (Å²) in [5.41, 5.74) is 1.44. The molecular weight excluding hydrogens is 296 g/mol. The highest BCUT2D eigenvalue weighted by Crippen LogP contribution is 2.30. The molecule has 0 aliphatic carbocycles. The van der Waals surface area contributed by atoms with Crippen LogP contribution in [-0.2, 0) is 6.54 Å². The van der Waals surface area contributed by atoms with E-state index < -0.39 is 0 Å². The standard InChI is InChI=1S/C13H19BrN2S/c1-16(7-9-4-13(14)17-8-9)12-5-10-2-3-11(6-12)15-10/h4,8,10-12,15H,2-3,5-7H2,1H3. The molecule has 0 amide bonds. The number of thiophene rings is 1. The number of hydrogen-bond donors (Lipinski definition) is 1. The molecule has 0 saturated carbocycles. The van der Waals surface area contributed by atoms with Crippen LogP contribution in [0.3, 0.4) is 0 Å². The minimum Gasteiger partial charge on any atom is -0.311 e. The van der Waals surface area contributed by atoms with Gasteiger partial charge in [-0.1, -0.05) is 0 Å². The zero-order valence-electron chi connectivity index (χ0n) is 10.2. The van der Waals surface area contributed by atoms with Gasteiger partial charge in [-0.15, -0.1) is 11.3 Å². The first-order chi connectivity index (χ1) is 8.20. The maximum Gasteiger partial charge on any atom is 0.0701 e. The zero-order valence-corrected chi connectivity index (χ0v) is 12.6. The normalized spacial score (nSPS) is 32.3. The summed E-state index contributed by atoms with van der Waals surface area (Å²) in [6.07, 6.45) is 5.44. The van der Waals surface area contributed by atoms with Crippen molar-refractivity contribution in [1.82, 2.24) is 10.2 Å². The molecule has 3 heterocycles. The van der Waals surface area contributed by atoms with Crippen molar-refractivity contribution in [2.75, 3.05) is 7.05 Å². The van der Waals surface area contributed by atoms with E-state index in [1.54, 1.807) is 11.3 Å². The molecule has 4 heteroatoms. The molecular formula is C13H19BrN2S. The van der Waals surface area contributed by atoms with Crippen LogP contribution in [0, 0.1) is 0 Å². The minimum absolute atomic E-state index is 0.771. The molecule has 2 aliphatic rings. The number of rotatable bonds is 3. The second-order valence-electron chi connectivity index (χ2n) is 5.44. The van der Waals surface area contributed by atoms with Crippen LogP contribution in [0.15, 0.2) is 15.2 Å². The van der Waals surface area contributed by atoms with Crippen LogP contribution in [0.4, 0.5) is 0 Å². The van der Waals surface area contributed by atoms with Crippen molar-refractivity contribution in [3.63, 3.8) is 0 Å². The van der Waals surface area contributed by atoms with Gasteiger partial charge in [0, 0.05) is 24.7 Å². The van der Waals surface area contributed by atoms with Crippen LogP contribution in [0.1, 0.15) is 31.2 Å². The minimum atomic E-state index is 0.771.